The molecule has 0 aromatic heterocycles. The molecule has 12 heavy (non-hydrogen) atoms. The molecule has 1 unspecified atom stereocenters. The summed E-state index contributed by atoms with van der Waals surface area (Å²) in [6, 6.07) is 0. The van der Waals surface area contributed by atoms with Crippen LogP contribution in [0.2, 0.25) is 0 Å². The van der Waals surface area contributed by atoms with Crippen LogP contribution in [0.15, 0.2) is 12.2 Å². The van der Waals surface area contributed by atoms with Gasteiger partial charge in [-0.05, 0) is 38.8 Å². The molecule has 0 bridgehead atoms. The van der Waals surface area contributed by atoms with E-state index in [0.717, 1.165) is 5.92 Å². The number of nitrogens with zero attached hydrogens (tertiary/aromatic N) is 1. The Morgan fingerprint density at radius 1 is 1.50 bits per heavy atom. The summed E-state index contributed by atoms with van der Waals surface area (Å²) in [5.74, 6) is 0.867. The maximum Gasteiger partial charge on any atom is 0.0106 e. The molecule has 1 aliphatic rings. The number of allylic oxidation sites excluding steroid dienone is 1. The molecule has 0 aromatic carbocycles. The lowest BCUT2D eigenvalue weighted by Gasteiger charge is -2.28. The molecule has 2 nitrogen and oxygen atoms in total. The van der Waals surface area contributed by atoms with Gasteiger partial charge in [0.05, 0.1) is 0 Å². The van der Waals surface area contributed by atoms with Crippen molar-refractivity contribution in [1.82, 2.24) is 4.90 Å². The van der Waals surface area contributed by atoms with Crippen molar-refractivity contribution in [2.45, 2.75) is 19.3 Å². The molecule has 0 aliphatic carbocycles. The van der Waals surface area contributed by atoms with Crippen molar-refractivity contribution in [2.75, 3.05) is 26.7 Å². The SMILES string of the molecule is CN1CCCC(C/C=C\CN)C1. The van der Waals surface area contributed by atoms with E-state index < -0.39 is 0 Å². The van der Waals surface area contributed by atoms with Gasteiger partial charge in [0, 0.05) is 13.1 Å². The average molecular weight is 168 g/mol. The first-order valence-electron chi connectivity index (χ1n) is 4.86. The lowest BCUT2D eigenvalue weighted by atomic mass is 9.95. The Hall–Kier alpha value is -0.340. The van der Waals surface area contributed by atoms with Gasteiger partial charge in [0.2, 0.25) is 0 Å². The highest BCUT2D eigenvalue weighted by Gasteiger charge is 2.14. The number of nitrogens with two attached hydrogens (primary N) is 1. The van der Waals surface area contributed by atoms with Crippen LogP contribution in [-0.2, 0) is 0 Å². The third-order valence-corrected chi connectivity index (χ3v) is 2.49. The summed E-state index contributed by atoms with van der Waals surface area (Å²) >= 11 is 0. The lowest BCUT2D eigenvalue weighted by Crippen LogP contribution is -2.31. The quantitative estimate of drug-likeness (QED) is 0.642. The van der Waals surface area contributed by atoms with Gasteiger partial charge >= 0.3 is 0 Å². The largest absolute Gasteiger partial charge is 0.327 e. The lowest BCUT2D eigenvalue weighted by molar-refractivity contribution is 0.211. The number of rotatable bonds is 3. The molecule has 0 amide bonds. The zero-order valence-electron chi connectivity index (χ0n) is 8.00. The van der Waals surface area contributed by atoms with E-state index in [1.807, 2.05) is 0 Å². The van der Waals surface area contributed by atoms with Crippen molar-refractivity contribution in [3.05, 3.63) is 12.2 Å². The molecule has 0 radical (unpaired) electrons. The summed E-state index contributed by atoms with van der Waals surface area (Å²) in [5.41, 5.74) is 5.37. The Balaban J connectivity index is 2.18. The maximum atomic E-state index is 5.37. The van der Waals surface area contributed by atoms with Gasteiger partial charge in [-0.1, -0.05) is 12.2 Å². The third-order valence-electron chi connectivity index (χ3n) is 2.49. The van der Waals surface area contributed by atoms with E-state index in [0.29, 0.717) is 6.54 Å². The minimum Gasteiger partial charge on any atom is -0.327 e. The monoisotopic (exact) mass is 168 g/mol. The maximum absolute atomic E-state index is 5.37. The zero-order valence-corrected chi connectivity index (χ0v) is 8.00. The topological polar surface area (TPSA) is 29.3 Å². The Labute approximate surface area is 75.4 Å². The van der Waals surface area contributed by atoms with Crippen LogP contribution in [0.3, 0.4) is 0 Å². The summed E-state index contributed by atoms with van der Waals surface area (Å²) in [6.07, 6.45) is 8.25. The Kier molecular flexibility index (Phi) is 4.33. The van der Waals surface area contributed by atoms with Gasteiger partial charge in [0.1, 0.15) is 0 Å². The summed E-state index contributed by atoms with van der Waals surface area (Å²) in [6.45, 7) is 3.22. The molecule has 2 N–H and O–H groups in total. The Morgan fingerprint density at radius 3 is 3.00 bits per heavy atom. The van der Waals surface area contributed by atoms with Crippen molar-refractivity contribution in [1.29, 1.82) is 0 Å². The van der Waals surface area contributed by atoms with Crippen LogP contribution in [0.5, 0.6) is 0 Å². The van der Waals surface area contributed by atoms with Gasteiger partial charge < -0.3 is 10.6 Å². The zero-order chi connectivity index (χ0) is 8.81. The molecule has 1 aliphatic heterocycles. The number of piperidine rings is 1. The van der Waals surface area contributed by atoms with Gasteiger partial charge in [-0.3, -0.25) is 0 Å². The molecule has 0 saturated carbocycles. The molecule has 1 fully saturated rings. The van der Waals surface area contributed by atoms with Crippen LogP contribution in [-0.4, -0.2) is 31.6 Å². The summed E-state index contributed by atoms with van der Waals surface area (Å²) < 4.78 is 0. The second-order valence-electron chi connectivity index (χ2n) is 3.71. The van der Waals surface area contributed by atoms with E-state index in [9.17, 15) is 0 Å². The highest BCUT2D eigenvalue weighted by molar-refractivity contribution is 4.86. The standard InChI is InChI=1S/C10H20N2/c1-12-8-4-6-10(9-12)5-2-3-7-11/h2-3,10H,4-9,11H2,1H3/b3-2-. The van der Waals surface area contributed by atoms with Crippen LogP contribution >= 0.6 is 0 Å². The summed E-state index contributed by atoms with van der Waals surface area (Å²) in [5, 5.41) is 0. The smallest absolute Gasteiger partial charge is 0.0106 e. The minimum absolute atomic E-state index is 0.683. The molecule has 1 atom stereocenters. The van der Waals surface area contributed by atoms with Crippen LogP contribution in [0.4, 0.5) is 0 Å². The van der Waals surface area contributed by atoms with Gasteiger partial charge in [0.15, 0.2) is 0 Å². The van der Waals surface area contributed by atoms with Gasteiger partial charge in [-0.25, -0.2) is 0 Å². The molecular formula is C10H20N2. The summed E-state index contributed by atoms with van der Waals surface area (Å²) in [4.78, 5) is 2.42. The van der Waals surface area contributed by atoms with E-state index in [-0.39, 0.29) is 0 Å². The van der Waals surface area contributed by atoms with Crippen molar-refractivity contribution >= 4 is 0 Å². The fourth-order valence-corrected chi connectivity index (χ4v) is 1.85. The third kappa shape index (κ3) is 3.37. The molecule has 70 valence electrons. The summed E-state index contributed by atoms with van der Waals surface area (Å²) in [7, 11) is 2.21. The fourth-order valence-electron chi connectivity index (χ4n) is 1.85. The average Bonchev–Trinajstić information content (AvgIpc) is 2.05. The molecule has 1 saturated heterocycles. The molecular weight excluding hydrogens is 148 g/mol. The van der Waals surface area contributed by atoms with Gasteiger partial charge in [-0.15, -0.1) is 0 Å². The van der Waals surface area contributed by atoms with E-state index >= 15 is 0 Å². The predicted octanol–water partition coefficient (Wildman–Crippen LogP) is 1.23. The van der Waals surface area contributed by atoms with Crippen LogP contribution in [0.25, 0.3) is 0 Å². The van der Waals surface area contributed by atoms with Gasteiger partial charge in [-0.2, -0.15) is 0 Å². The van der Waals surface area contributed by atoms with Crippen LogP contribution in [0, 0.1) is 5.92 Å². The van der Waals surface area contributed by atoms with Crippen LogP contribution in [0.1, 0.15) is 19.3 Å². The first kappa shape index (κ1) is 9.75. The highest BCUT2D eigenvalue weighted by Crippen LogP contribution is 2.18. The number of hydrogen-bond donors (Lipinski definition) is 1. The molecule has 2 heteroatoms. The van der Waals surface area contributed by atoms with Crippen LogP contribution < -0.4 is 5.73 Å². The van der Waals surface area contributed by atoms with Crippen molar-refractivity contribution in [3.8, 4) is 0 Å². The second kappa shape index (κ2) is 5.33. The molecule has 1 heterocycles. The molecule has 0 spiro atoms. The van der Waals surface area contributed by atoms with E-state index in [2.05, 4.69) is 24.1 Å². The Morgan fingerprint density at radius 2 is 2.33 bits per heavy atom. The van der Waals surface area contributed by atoms with Crippen molar-refractivity contribution in [3.63, 3.8) is 0 Å². The Bertz CT molecular complexity index is 143. The number of likely N-dealkylation sites (tertiary alicyclic amines) is 1. The highest BCUT2D eigenvalue weighted by atomic mass is 15.1. The predicted molar refractivity (Wildman–Crippen MR) is 53.0 cm³/mol. The van der Waals surface area contributed by atoms with E-state index in [1.54, 1.807) is 0 Å². The van der Waals surface area contributed by atoms with Gasteiger partial charge in [0.25, 0.3) is 0 Å². The second-order valence-corrected chi connectivity index (χ2v) is 3.71. The molecule has 1 rings (SSSR count). The van der Waals surface area contributed by atoms with E-state index in [1.165, 1.54) is 32.4 Å². The number of hydrogen-bond acceptors (Lipinski definition) is 2. The normalized spacial score (nSPS) is 26.7. The van der Waals surface area contributed by atoms with E-state index in [4.69, 9.17) is 5.73 Å². The minimum atomic E-state index is 0.683. The first-order valence-corrected chi connectivity index (χ1v) is 4.86. The first-order chi connectivity index (χ1) is 5.83. The van der Waals surface area contributed by atoms with Crippen molar-refractivity contribution < 1.29 is 0 Å². The molecule has 0 aromatic rings. The fraction of sp³-hybridized carbons (Fsp3) is 0.800. The van der Waals surface area contributed by atoms with Crippen molar-refractivity contribution in [2.24, 2.45) is 11.7 Å².